The minimum atomic E-state index is -0.326. The molecule has 1 N–H and O–H groups in total. The summed E-state index contributed by atoms with van der Waals surface area (Å²) < 4.78 is 5.45. The average Bonchev–Trinajstić information content (AvgIpc) is 2.66. The molecule has 1 aromatic heterocycles. The molecule has 1 aliphatic heterocycles. The fourth-order valence-electron chi connectivity index (χ4n) is 1.58. The zero-order valence-electron chi connectivity index (χ0n) is 8.51. The van der Waals surface area contributed by atoms with Gasteiger partial charge in [0.15, 0.2) is 0 Å². The molecule has 15 heavy (non-hydrogen) atoms. The number of amides is 1. The van der Waals surface area contributed by atoms with Crippen LogP contribution in [-0.4, -0.2) is 28.3 Å². The fourth-order valence-corrected chi connectivity index (χ4v) is 1.58. The van der Waals surface area contributed by atoms with Crippen molar-refractivity contribution in [3.8, 4) is 0 Å². The normalized spacial score (nSPS) is 25.1. The number of carbonyl (C=O) groups is 1. The van der Waals surface area contributed by atoms with E-state index in [2.05, 4.69) is 15.5 Å². The molecule has 2 unspecified atom stereocenters. The zero-order valence-corrected chi connectivity index (χ0v) is 8.51. The molecule has 0 aromatic carbocycles. The van der Waals surface area contributed by atoms with Gasteiger partial charge in [0.05, 0.1) is 24.2 Å². The van der Waals surface area contributed by atoms with Gasteiger partial charge >= 0.3 is 0 Å². The Hall–Kier alpha value is -1.49. The number of nitrogens with one attached hydrogen (secondary N) is 1. The second-order valence-corrected chi connectivity index (χ2v) is 3.63. The van der Waals surface area contributed by atoms with Crippen molar-refractivity contribution in [3.63, 3.8) is 0 Å². The van der Waals surface area contributed by atoms with E-state index in [4.69, 9.17) is 4.74 Å². The highest BCUT2D eigenvalue weighted by molar-refractivity contribution is 5.94. The molecule has 80 valence electrons. The van der Waals surface area contributed by atoms with Crippen molar-refractivity contribution in [3.05, 3.63) is 18.5 Å². The van der Waals surface area contributed by atoms with Gasteiger partial charge in [0.1, 0.15) is 6.10 Å². The monoisotopic (exact) mass is 207 g/mol. The van der Waals surface area contributed by atoms with E-state index in [-0.39, 0.29) is 18.1 Å². The van der Waals surface area contributed by atoms with Gasteiger partial charge in [-0.3, -0.25) is 4.79 Å². The quantitative estimate of drug-likeness (QED) is 0.785. The van der Waals surface area contributed by atoms with Crippen LogP contribution in [0.2, 0.25) is 0 Å². The minimum Gasteiger partial charge on any atom is -0.365 e. The van der Waals surface area contributed by atoms with E-state index in [0.29, 0.717) is 5.69 Å². The zero-order chi connectivity index (χ0) is 10.7. The molecule has 1 aliphatic rings. The Kier molecular flexibility index (Phi) is 2.91. The predicted molar refractivity (Wildman–Crippen MR) is 54.2 cm³/mol. The third-order valence-electron chi connectivity index (χ3n) is 2.38. The summed E-state index contributed by atoms with van der Waals surface area (Å²) in [6.07, 6.45) is 4.62. The molecule has 0 saturated carbocycles. The second-order valence-electron chi connectivity index (χ2n) is 3.63. The van der Waals surface area contributed by atoms with Crippen LogP contribution in [0.25, 0.3) is 0 Å². The molecule has 2 rings (SSSR count). The highest BCUT2D eigenvalue weighted by atomic mass is 16.5. The highest BCUT2D eigenvalue weighted by Gasteiger charge is 2.27. The van der Waals surface area contributed by atoms with Crippen molar-refractivity contribution in [2.45, 2.75) is 32.0 Å². The summed E-state index contributed by atoms with van der Waals surface area (Å²) in [5.41, 5.74) is 0.651. The summed E-state index contributed by atoms with van der Waals surface area (Å²) in [7, 11) is 0. The Balaban J connectivity index is 1.93. The highest BCUT2D eigenvalue weighted by Crippen LogP contribution is 2.20. The second kappa shape index (κ2) is 4.35. The van der Waals surface area contributed by atoms with Gasteiger partial charge in [0, 0.05) is 0 Å². The Morgan fingerprint density at radius 1 is 1.53 bits per heavy atom. The van der Waals surface area contributed by atoms with Crippen LogP contribution in [0, 0.1) is 0 Å². The lowest BCUT2D eigenvalue weighted by atomic mass is 10.2. The molecule has 0 aliphatic carbocycles. The number of anilines is 1. The van der Waals surface area contributed by atoms with Gasteiger partial charge in [-0.2, -0.15) is 10.2 Å². The summed E-state index contributed by atoms with van der Waals surface area (Å²) in [5, 5.41) is 10.0. The summed E-state index contributed by atoms with van der Waals surface area (Å²) in [4.78, 5) is 11.7. The first-order chi connectivity index (χ1) is 7.25. The van der Waals surface area contributed by atoms with Crippen LogP contribution in [0.5, 0.6) is 0 Å². The van der Waals surface area contributed by atoms with Crippen LogP contribution in [0.1, 0.15) is 19.8 Å². The molecule has 0 spiro atoms. The number of hydrogen-bond acceptors (Lipinski definition) is 4. The first-order valence-corrected chi connectivity index (χ1v) is 4.99. The smallest absolute Gasteiger partial charge is 0.253 e. The van der Waals surface area contributed by atoms with Crippen LogP contribution in [0.4, 0.5) is 5.69 Å². The van der Waals surface area contributed by atoms with E-state index in [1.807, 2.05) is 6.92 Å². The first kappa shape index (κ1) is 10.0. The molecule has 5 heteroatoms. The Labute approximate surface area is 87.8 Å². The molecule has 2 heterocycles. The van der Waals surface area contributed by atoms with Crippen LogP contribution in [0.15, 0.2) is 18.5 Å². The standard InChI is InChI=1S/C10H13N3O2/c1-7-2-3-9(15-7)10(14)13-8-4-5-11-12-6-8/h4-7,9H,2-3H2,1H3,(H,11,13,14). The number of aromatic nitrogens is 2. The maximum absolute atomic E-state index is 11.7. The van der Waals surface area contributed by atoms with Gasteiger partial charge in [0.2, 0.25) is 0 Å². The van der Waals surface area contributed by atoms with Crippen molar-refractivity contribution in [2.24, 2.45) is 0 Å². The Bertz CT molecular complexity index is 342. The summed E-state index contributed by atoms with van der Waals surface area (Å²) >= 11 is 0. The third kappa shape index (κ3) is 2.50. The molecule has 5 nitrogen and oxygen atoms in total. The lowest BCUT2D eigenvalue weighted by molar-refractivity contribution is -0.126. The minimum absolute atomic E-state index is 0.104. The summed E-state index contributed by atoms with van der Waals surface area (Å²) in [6, 6.07) is 1.70. The fraction of sp³-hybridized carbons (Fsp3) is 0.500. The largest absolute Gasteiger partial charge is 0.365 e. The first-order valence-electron chi connectivity index (χ1n) is 4.99. The maximum Gasteiger partial charge on any atom is 0.253 e. The van der Waals surface area contributed by atoms with E-state index in [0.717, 1.165) is 12.8 Å². The van der Waals surface area contributed by atoms with Gasteiger partial charge in [0.25, 0.3) is 5.91 Å². The SMILES string of the molecule is CC1CCC(C(=O)Nc2ccnnc2)O1. The van der Waals surface area contributed by atoms with Crippen LogP contribution in [-0.2, 0) is 9.53 Å². The van der Waals surface area contributed by atoms with E-state index < -0.39 is 0 Å². The predicted octanol–water partition coefficient (Wildman–Crippen LogP) is 0.983. The van der Waals surface area contributed by atoms with E-state index in [1.54, 1.807) is 6.07 Å². The van der Waals surface area contributed by atoms with Gasteiger partial charge < -0.3 is 10.1 Å². The lowest BCUT2D eigenvalue weighted by Crippen LogP contribution is -2.27. The molecule has 1 fully saturated rings. The van der Waals surface area contributed by atoms with Crippen LogP contribution in [0.3, 0.4) is 0 Å². The van der Waals surface area contributed by atoms with Crippen LogP contribution < -0.4 is 5.32 Å². The number of carbonyl (C=O) groups excluding carboxylic acids is 1. The Morgan fingerprint density at radius 3 is 3.00 bits per heavy atom. The number of rotatable bonds is 2. The van der Waals surface area contributed by atoms with Gasteiger partial charge in [-0.25, -0.2) is 0 Å². The molecule has 1 saturated heterocycles. The van der Waals surface area contributed by atoms with Gasteiger partial charge in [-0.05, 0) is 25.8 Å². The molecule has 1 aromatic rings. The topological polar surface area (TPSA) is 64.1 Å². The lowest BCUT2D eigenvalue weighted by Gasteiger charge is -2.10. The van der Waals surface area contributed by atoms with Crippen molar-refractivity contribution in [1.29, 1.82) is 0 Å². The molecule has 1 amide bonds. The van der Waals surface area contributed by atoms with E-state index in [1.165, 1.54) is 12.4 Å². The number of ether oxygens (including phenoxy) is 1. The molecule has 0 radical (unpaired) electrons. The molecule has 2 atom stereocenters. The van der Waals surface area contributed by atoms with E-state index in [9.17, 15) is 4.79 Å². The third-order valence-corrected chi connectivity index (χ3v) is 2.38. The van der Waals surface area contributed by atoms with Crippen molar-refractivity contribution in [2.75, 3.05) is 5.32 Å². The number of nitrogens with zero attached hydrogens (tertiary/aromatic N) is 2. The molecular formula is C10H13N3O2. The van der Waals surface area contributed by atoms with Crippen molar-refractivity contribution >= 4 is 11.6 Å². The van der Waals surface area contributed by atoms with Gasteiger partial charge in [-0.15, -0.1) is 0 Å². The van der Waals surface area contributed by atoms with Crippen molar-refractivity contribution in [1.82, 2.24) is 10.2 Å². The van der Waals surface area contributed by atoms with Gasteiger partial charge in [-0.1, -0.05) is 0 Å². The van der Waals surface area contributed by atoms with E-state index >= 15 is 0 Å². The average molecular weight is 207 g/mol. The molecule has 0 bridgehead atoms. The summed E-state index contributed by atoms with van der Waals surface area (Å²) in [5.74, 6) is -0.104. The number of hydrogen-bond donors (Lipinski definition) is 1. The Morgan fingerprint density at radius 2 is 2.40 bits per heavy atom. The van der Waals surface area contributed by atoms with Crippen LogP contribution >= 0.6 is 0 Å². The molecular weight excluding hydrogens is 194 g/mol. The maximum atomic E-state index is 11.7. The summed E-state index contributed by atoms with van der Waals surface area (Å²) in [6.45, 7) is 1.97. The van der Waals surface area contributed by atoms with Crippen molar-refractivity contribution < 1.29 is 9.53 Å².